The predicted octanol–water partition coefficient (Wildman–Crippen LogP) is 3.82. The Balaban J connectivity index is 0.00000261. The zero-order chi connectivity index (χ0) is 18.4. The Kier molecular flexibility index (Phi) is 7.83. The smallest absolute Gasteiger partial charge is 0.226 e. The van der Waals surface area contributed by atoms with Gasteiger partial charge in [0.05, 0.1) is 18.8 Å². The third-order valence-corrected chi connectivity index (χ3v) is 3.80. The van der Waals surface area contributed by atoms with Crippen molar-refractivity contribution in [3.8, 4) is 11.5 Å². The van der Waals surface area contributed by atoms with E-state index in [-0.39, 0.29) is 24.0 Å². The minimum absolute atomic E-state index is 0. The van der Waals surface area contributed by atoms with Crippen molar-refractivity contribution in [1.29, 1.82) is 0 Å². The van der Waals surface area contributed by atoms with Crippen LogP contribution in [0.3, 0.4) is 0 Å². The average Bonchev–Trinajstić information content (AvgIpc) is 3.25. The molecule has 3 rings (SSSR count). The number of hydrogen-bond acceptors (Lipinski definition) is 5. The number of oxazole rings is 2. The maximum absolute atomic E-state index is 5.57. The molecule has 0 amide bonds. The van der Waals surface area contributed by atoms with E-state index in [0.29, 0.717) is 30.8 Å². The van der Waals surface area contributed by atoms with Crippen LogP contribution in [-0.4, -0.2) is 22.5 Å². The Hall–Kier alpha value is -2.36. The molecule has 0 unspecified atom stereocenters. The van der Waals surface area contributed by atoms with E-state index in [2.05, 4.69) is 25.6 Å². The van der Waals surface area contributed by atoms with Gasteiger partial charge in [0.25, 0.3) is 0 Å². The SMILES string of the molecule is CCNC(=NCc1coc(-c2ccccc2)n1)NCc1nc(C)c(C)o1.I. The van der Waals surface area contributed by atoms with E-state index < -0.39 is 0 Å². The summed E-state index contributed by atoms with van der Waals surface area (Å²) in [6.45, 7) is 7.48. The van der Waals surface area contributed by atoms with Crippen molar-refractivity contribution in [3.05, 3.63) is 59.6 Å². The van der Waals surface area contributed by atoms with Gasteiger partial charge in [-0.2, -0.15) is 0 Å². The summed E-state index contributed by atoms with van der Waals surface area (Å²) >= 11 is 0. The molecule has 0 aliphatic rings. The van der Waals surface area contributed by atoms with Crippen LogP contribution in [0, 0.1) is 13.8 Å². The number of guanidine groups is 1. The molecule has 0 atom stereocenters. The third-order valence-electron chi connectivity index (χ3n) is 3.80. The van der Waals surface area contributed by atoms with Crippen LogP contribution in [0.15, 0.2) is 50.4 Å². The van der Waals surface area contributed by atoms with Crippen LogP contribution >= 0.6 is 24.0 Å². The zero-order valence-corrected chi connectivity index (χ0v) is 18.0. The number of nitrogens with one attached hydrogen (secondary N) is 2. The lowest BCUT2D eigenvalue weighted by Crippen LogP contribution is -2.36. The van der Waals surface area contributed by atoms with Crippen LogP contribution in [0.4, 0.5) is 0 Å². The molecule has 0 fully saturated rings. The number of rotatable bonds is 6. The monoisotopic (exact) mass is 481 g/mol. The summed E-state index contributed by atoms with van der Waals surface area (Å²) in [5.74, 6) is 2.74. The fraction of sp³-hybridized carbons (Fsp3) is 0.316. The molecule has 2 heterocycles. The molecule has 2 aromatic heterocycles. The van der Waals surface area contributed by atoms with Gasteiger partial charge in [-0.05, 0) is 32.9 Å². The fourth-order valence-electron chi connectivity index (χ4n) is 2.37. The van der Waals surface area contributed by atoms with Gasteiger partial charge in [-0.3, -0.25) is 0 Å². The Morgan fingerprint density at radius 1 is 1.11 bits per heavy atom. The molecule has 0 bridgehead atoms. The minimum atomic E-state index is 0. The fourth-order valence-corrected chi connectivity index (χ4v) is 2.37. The zero-order valence-electron chi connectivity index (χ0n) is 15.7. The number of nitrogens with zero attached hydrogens (tertiary/aromatic N) is 3. The summed E-state index contributed by atoms with van der Waals surface area (Å²) in [5.41, 5.74) is 2.62. The van der Waals surface area contributed by atoms with Crippen molar-refractivity contribution >= 4 is 29.9 Å². The van der Waals surface area contributed by atoms with Gasteiger partial charge in [0.2, 0.25) is 11.8 Å². The first-order valence-corrected chi connectivity index (χ1v) is 8.60. The summed E-state index contributed by atoms with van der Waals surface area (Å²) in [5, 5.41) is 6.40. The maximum Gasteiger partial charge on any atom is 0.226 e. The van der Waals surface area contributed by atoms with Gasteiger partial charge in [0, 0.05) is 12.1 Å². The second kappa shape index (κ2) is 10.1. The number of aromatic nitrogens is 2. The molecule has 2 N–H and O–H groups in total. The molecule has 7 nitrogen and oxygen atoms in total. The Labute approximate surface area is 175 Å². The van der Waals surface area contributed by atoms with Crippen molar-refractivity contribution in [2.45, 2.75) is 33.9 Å². The van der Waals surface area contributed by atoms with E-state index >= 15 is 0 Å². The standard InChI is InChI=1S/C19H23N5O2.HI/c1-4-20-19(22-11-17-23-13(2)14(3)26-17)21-10-16-12-25-18(24-16)15-8-6-5-7-9-15;/h5-9,12H,4,10-11H2,1-3H3,(H2,20,21,22);1H. The molecule has 144 valence electrons. The van der Waals surface area contributed by atoms with Crippen LogP contribution in [-0.2, 0) is 13.1 Å². The summed E-state index contributed by atoms with van der Waals surface area (Å²) in [6.07, 6.45) is 1.64. The third kappa shape index (κ3) is 5.81. The molecule has 27 heavy (non-hydrogen) atoms. The highest BCUT2D eigenvalue weighted by atomic mass is 127. The van der Waals surface area contributed by atoms with Gasteiger partial charge in [0.15, 0.2) is 5.96 Å². The molecule has 0 aliphatic carbocycles. The molecule has 0 radical (unpaired) electrons. The first kappa shape index (κ1) is 20.9. The molecule has 0 saturated carbocycles. The predicted molar refractivity (Wildman–Crippen MR) is 115 cm³/mol. The van der Waals surface area contributed by atoms with Crippen LogP contribution in [0.5, 0.6) is 0 Å². The molecular weight excluding hydrogens is 457 g/mol. The van der Waals surface area contributed by atoms with Crippen molar-refractivity contribution in [3.63, 3.8) is 0 Å². The Bertz CT molecular complexity index is 854. The Morgan fingerprint density at radius 2 is 1.89 bits per heavy atom. The number of aryl methyl sites for hydroxylation is 2. The lowest BCUT2D eigenvalue weighted by Gasteiger charge is -2.09. The summed E-state index contributed by atoms with van der Waals surface area (Å²) in [4.78, 5) is 13.4. The van der Waals surface area contributed by atoms with Crippen molar-refractivity contribution in [1.82, 2.24) is 20.6 Å². The molecule has 1 aromatic carbocycles. The summed E-state index contributed by atoms with van der Waals surface area (Å²) < 4.78 is 11.1. The first-order valence-electron chi connectivity index (χ1n) is 8.60. The van der Waals surface area contributed by atoms with Gasteiger partial charge in [0.1, 0.15) is 17.7 Å². The van der Waals surface area contributed by atoms with E-state index in [4.69, 9.17) is 8.83 Å². The van der Waals surface area contributed by atoms with Gasteiger partial charge in [-0.25, -0.2) is 15.0 Å². The normalized spacial score (nSPS) is 11.1. The van der Waals surface area contributed by atoms with Gasteiger partial charge >= 0.3 is 0 Å². The molecule has 3 aromatic rings. The first-order chi connectivity index (χ1) is 12.7. The lowest BCUT2D eigenvalue weighted by molar-refractivity contribution is 0.463. The summed E-state index contributed by atoms with van der Waals surface area (Å²) in [7, 11) is 0. The van der Waals surface area contributed by atoms with E-state index in [9.17, 15) is 0 Å². The van der Waals surface area contributed by atoms with Crippen LogP contribution in [0.25, 0.3) is 11.5 Å². The highest BCUT2D eigenvalue weighted by molar-refractivity contribution is 14.0. The maximum atomic E-state index is 5.57. The van der Waals surface area contributed by atoms with E-state index in [1.54, 1.807) is 6.26 Å². The van der Waals surface area contributed by atoms with E-state index in [1.165, 1.54) is 0 Å². The number of hydrogen-bond donors (Lipinski definition) is 2. The number of benzene rings is 1. The van der Waals surface area contributed by atoms with E-state index in [1.807, 2.05) is 51.1 Å². The highest BCUT2D eigenvalue weighted by Gasteiger charge is 2.08. The molecular formula is C19H24IN5O2. The average molecular weight is 481 g/mol. The minimum Gasteiger partial charge on any atom is -0.444 e. The Morgan fingerprint density at radius 3 is 2.56 bits per heavy atom. The lowest BCUT2D eigenvalue weighted by atomic mass is 10.2. The van der Waals surface area contributed by atoms with Gasteiger partial charge in [-0.1, -0.05) is 18.2 Å². The van der Waals surface area contributed by atoms with E-state index in [0.717, 1.165) is 29.3 Å². The number of halogens is 1. The van der Waals surface area contributed by atoms with Crippen LogP contribution < -0.4 is 10.6 Å². The topological polar surface area (TPSA) is 88.5 Å². The van der Waals surface area contributed by atoms with Crippen molar-refractivity contribution in [2.75, 3.05) is 6.54 Å². The van der Waals surface area contributed by atoms with Gasteiger partial charge < -0.3 is 19.5 Å². The molecule has 0 spiro atoms. The summed E-state index contributed by atoms with van der Waals surface area (Å²) in [6, 6.07) is 9.80. The van der Waals surface area contributed by atoms with Crippen LogP contribution in [0.1, 0.15) is 30.0 Å². The van der Waals surface area contributed by atoms with Gasteiger partial charge in [-0.15, -0.1) is 24.0 Å². The highest BCUT2D eigenvalue weighted by Crippen LogP contribution is 2.18. The molecule has 0 aliphatic heterocycles. The second-order valence-electron chi connectivity index (χ2n) is 5.81. The molecule has 0 saturated heterocycles. The van der Waals surface area contributed by atoms with Crippen molar-refractivity contribution < 1.29 is 8.83 Å². The second-order valence-corrected chi connectivity index (χ2v) is 5.81. The van der Waals surface area contributed by atoms with Crippen molar-refractivity contribution in [2.24, 2.45) is 4.99 Å². The largest absolute Gasteiger partial charge is 0.444 e. The van der Waals surface area contributed by atoms with Crippen LogP contribution in [0.2, 0.25) is 0 Å². The molecule has 8 heteroatoms. The quantitative estimate of drug-likeness (QED) is 0.316. The number of aliphatic imine (C=N–C) groups is 1.